The Bertz CT molecular complexity index is 409. The SMILES string of the molecule is COc1ccc(CN(C)C(=O)CCCl)cc1OC. The number of carbonyl (C=O) groups excluding carboxylic acids is 1. The van der Waals surface area contributed by atoms with Crippen LogP contribution in [0.3, 0.4) is 0 Å². The summed E-state index contributed by atoms with van der Waals surface area (Å²) < 4.78 is 10.4. The average Bonchev–Trinajstić information content (AvgIpc) is 2.38. The van der Waals surface area contributed by atoms with Crippen LogP contribution in [0.5, 0.6) is 11.5 Å². The van der Waals surface area contributed by atoms with Gasteiger partial charge in [-0.1, -0.05) is 6.07 Å². The quantitative estimate of drug-likeness (QED) is 0.745. The molecule has 18 heavy (non-hydrogen) atoms. The normalized spacial score (nSPS) is 10.0. The first kappa shape index (κ1) is 14.6. The summed E-state index contributed by atoms with van der Waals surface area (Å²) >= 11 is 5.55. The van der Waals surface area contributed by atoms with Crippen molar-refractivity contribution in [1.29, 1.82) is 0 Å². The Morgan fingerprint density at radius 3 is 2.50 bits per heavy atom. The highest BCUT2D eigenvalue weighted by Crippen LogP contribution is 2.27. The van der Waals surface area contributed by atoms with Gasteiger partial charge < -0.3 is 14.4 Å². The number of methoxy groups -OCH3 is 2. The Kier molecular flexibility index (Phi) is 5.78. The fourth-order valence-electron chi connectivity index (χ4n) is 1.61. The van der Waals surface area contributed by atoms with E-state index in [-0.39, 0.29) is 5.91 Å². The molecule has 0 spiro atoms. The molecule has 1 amide bonds. The van der Waals surface area contributed by atoms with Gasteiger partial charge in [-0.05, 0) is 17.7 Å². The second-order valence-corrected chi connectivity index (χ2v) is 4.26. The van der Waals surface area contributed by atoms with Crippen molar-refractivity contribution in [3.8, 4) is 11.5 Å². The van der Waals surface area contributed by atoms with E-state index in [2.05, 4.69) is 0 Å². The average molecular weight is 272 g/mol. The molecular weight excluding hydrogens is 254 g/mol. The third-order valence-electron chi connectivity index (χ3n) is 2.60. The van der Waals surface area contributed by atoms with E-state index in [1.807, 2.05) is 18.2 Å². The first-order chi connectivity index (χ1) is 8.62. The van der Waals surface area contributed by atoms with Gasteiger partial charge >= 0.3 is 0 Å². The molecule has 4 nitrogen and oxygen atoms in total. The lowest BCUT2D eigenvalue weighted by molar-refractivity contribution is -0.129. The van der Waals surface area contributed by atoms with E-state index in [4.69, 9.17) is 21.1 Å². The summed E-state index contributed by atoms with van der Waals surface area (Å²) in [5.74, 6) is 1.71. The number of rotatable bonds is 6. The number of amides is 1. The van der Waals surface area contributed by atoms with Crippen LogP contribution in [-0.2, 0) is 11.3 Å². The van der Waals surface area contributed by atoms with Gasteiger partial charge in [0.25, 0.3) is 0 Å². The fourth-order valence-corrected chi connectivity index (χ4v) is 1.77. The number of hydrogen-bond donors (Lipinski definition) is 0. The van der Waals surface area contributed by atoms with E-state index in [0.29, 0.717) is 30.3 Å². The van der Waals surface area contributed by atoms with E-state index in [1.165, 1.54) is 0 Å². The zero-order chi connectivity index (χ0) is 13.5. The molecule has 0 aliphatic rings. The third kappa shape index (κ3) is 3.81. The monoisotopic (exact) mass is 271 g/mol. The van der Waals surface area contributed by atoms with E-state index < -0.39 is 0 Å². The van der Waals surface area contributed by atoms with Crippen molar-refractivity contribution in [1.82, 2.24) is 4.90 Å². The number of hydrogen-bond acceptors (Lipinski definition) is 3. The van der Waals surface area contributed by atoms with E-state index in [9.17, 15) is 4.79 Å². The van der Waals surface area contributed by atoms with Gasteiger partial charge in [-0.15, -0.1) is 11.6 Å². The lowest BCUT2D eigenvalue weighted by atomic mass is 10.2. The van der Waals surface area contributed by atoms with Crippen LogP contribution in [0.4, 0.5) is 0 Å². The Hall–Kier alpha value is -1.42. The molecule has 0 aromatic heterocycles. The standard InChI is InChI=1S/C13H18ClNO3/c1-15(13(16)6-7-14)9-10-4-5-11(17-2)12(8-10)18-3/h4-5,8H,6-7,9H2,1-3H3. The molecule has 100 valence electrons. The van der Waals surface area contributed by atoms with Gasteiger partial charge in [0, 0.05) is 25.9 Å². The van der Waals surface area contributed by atoms with Gasteiger partial charge in [-0.3, -0.25) is 4.79 Å². The summed E-state index contributed by atoms with van der Waals surface area (Å²) in [7, 11) is 4.93. The van der Waals surface area contributed by atoms with Crippen molar-refractivity contribution in [3.05, 3.63) is 23.8 Å². The van der Waals surface area contributed by atoms with Gasteiger partial charge in [0.1, 0.15) is 0 Å². The van der Waals surface area contributed by atoms with Crippen molar-refractivity contribution in [2.45, 2.75) is 13.0 Å². The molecule has 0 atom stereocenters. The van der Waals surface area contributed by atoms with Crippen LogP contribution in [0.15, 0.2) is 18.2 Å². The minimum absolute atomic E-state index is 0.0276. The summed E-state index contributed by atoms with van der Waals surface area (Å²) in [6.45, 7) is 0.524. The molecule has 0 fully saturated rings. The highest BCUT2D eigenvalue weighted by atomic mass is 35.5. The van der Waals surface area contributed by atoms with Crippen molar-refractivity contribution in [2.24, 2.45) is 0 Å². The molecule has 0 saturated carbocycles. The summed E-state index contributed by atoms with van der Waals surface area (Å²) in [4.78, 5) is 13.3. The summed E-state index contributed by atoms with van der Waals surface area (Å²) in [5.41, 5.74) is 0.984. The largest absolute Gasteiger partial charge is 0.493 e. The van der Waals surface area contributed by atoms with Crippen molar-refractivity contribution in [2.75, 3.05) is 27.1 Å². The van der Waals surface area contributed by atoms with Gasteiger partial charge in [0.15, 0.2) is 11.5 Å². The maximum Gasteiger partial charge on any atom is 0.223 e. The summed E-state index contributed by atoms with van der Waals surface area (Å²) in [5, 5.41) is 0. The van der Waals surface area contributed by atoms with E-state index in [1.54, 1.807) is 26.2 Å². The van der Waals surface area contributed by atoms with E-state index in [0.717, 1.165) is 5.56 Å². The predicted molar refractivity (Wildman–Crippen MR) is 71.4 cm³/mol. The molecule has 0 radical (unpaired) electrons. The maximum absolute atomic E-state index is 11.6. The lowest BCUT2D eigenvalue weighted by Gasteiger charge is -2.17. The Labute approximate surface area is 112 Å². The zero-order valence-corrected chi connectivity index (χ0v) is 11.7. The van der Waals surface area contributed by atoms with Crippen molar-refractivity contribution < 1.29 is 14.3 Å². The topological polar surface area (TPSA) is 38.8 Å². The number of nitrogens with zero attached hydrogens (tertiary/aromatic N) is 1. The van der Waals surface area contributed by atoms with Crippen LogP contribution >= 0.6 is 11.6 Å². The molecule has 1 rings (SSSR count). The number of benzene rings is 1. The van der Waals surface area contributed by atoms with Gasteiger partial charge in [-0.2, -0.15) is 0 Å². The highest BCUT2D eigenvalue weighted by molar-refractivity contribution is 6.18. The molecule has 1 aromatic carbocycles. The smallest absolute Gasteiger partial charge is 0.223 e. The zero-order valence-electron chi connectivity index (χ0n) is 10.9. The predicted octanol–water partition coefficient (Wildman–Crippen LogP) is 2.29. The minimum Gasteiger partial charge on any atom is -0.493 e. The maximum atomic E-state index is 11.6. The fraction of sp³-hybridized carbons (Fsp3) is 0.462. The Morgan fingerprint density at radius 2 is 1.94 bits per heavy atom. The summed E-state index contributed by atoms with van der Waals surface area (Å²) in [6, 6.07) is 5.60. The lowest BCUT2D eigenvalue weighted by Crippen LogP contribution is -2.26. The molecule has 0 bridgehead atoms. The van der Waals surface area contributed by atoms with E-state index >= 15 is 0 Å². The van der Waals surface area contributed by atoms with Crippen LogP contribution in [0.1, 0.15) is 12.0 Å². The molecule has 0 saturated heterocycles. The molecular formula is C13H18ClNO3. The van der Waals surface area contributed by atoms with Gasteiger partial charge in [-0.25, -0.2) is 0 Å². The molecule has 5 heteroatoms. The van der Waals surface area contributed by atoms with Crippen LogP contribution < -0.4 is 9.47 Å². The molecule has 1 aromatic rings. The first-order valence-electron chi connectivity index (χ1n) is 5.63. The van der Waals surface area contributed by atoms with Crippen molar-refractivity contribution >= 4 is 17.5 Å². The number of carbonyl (C=O) groups is 1. The highest BCUT2D eigenvalue weighted by Gasteiger charge is 2.10. The molecule has 0 heterocycles. The van der Waals surface area contributed by atoms with Crippen LogP contribution in [0.25, 0.3) is 0 Å². The number of alkyl halides is 1. The second kappa shape index (κ2) is 7.11. The molecule has 0 aliphatic heterocycles. The summed E-state index contributed by atoms with van der Waals surface area (Å²) in [6.07, 6.45) is 0.353. The molecule has 0 aliphatic carbocycles. The van der Waals surface area contributed by atoms with Crippen molar-refractivity contribution in [3.63, 3.8) is 0 Å². The molecule has 0 N–H and O–H groups in total. The van der Waals surface area contributed by atoms with Crippen LogP contribution in [-0.4, -0.2) is 38.0 Å². The third-order valence-corrected chi connectivity index (χ3v) is 2.79. The Balaban J connectivity index is 2.76. The Morgan fingerprint density at radius 1 is 1.28 bits per heavy atom. The first-order valence-corrected chi connectivity index (χ1v) is 6.16. The second-order valence-electron chi connectivity index (χ2n) is 3.88. The minimum atomic E-state index is 0.0276. The van der Waals surface area contributed by atoms with Crippen LogP contribution in [0, 0.1) is 0 Å². The van der Waals surface area contributed by atoms with Gasteiger partial charge in [0.05, 0.1) is 14.2 Å². The number of halogens is 1. The molecule has 0 unspecified atom stereocenters. The number of ether oxygens (including phenoxy) is 2. The van der Waals surface area contributed by atoms with Gasteiger partial charge in [0.2, 0.25) is 5.91 Å². The van der Waals surface area contributed by atoms with Crippen LogP contribution in [0.2, 0.25) is 0 Å².